The lowest BCUT2D eigenvalue weighted by atomic mass is 9.92. The second kappa shape index (κ2) is 13.6. The molecule has 0 fully saturated rings. The summed E-state index contributed by atoms with van der Waals surface area (Å²) >= 11 is 1.89. The van der Waals surface area contributed by atoms with Gasteiger partial charge in [-0.3, -0.25) is 0 Å². The van der Waals surface area contributed by atoms with Gasteiger partial charge in [0.2, 0.25) is 0 Å². The summed E-state index contributed by atoms with van der Waals surface area (Å²) in [6.45, 7) is 0. The third-order valence-corrected chi connectivity index (χ3v) is 13.1. The van der Waals surface area contributed by atoms with Crippen LogP contribution in [0.1, 0.15) is 0 Å². The van der Waals surface area contributed by atoms with E-state index in [0.29, 0.717) is 0 Å². The fourth-order valence-electron chi connectivity index (χ4n) is 9.32. The lowest BCUT2D eigenvalue weighted by molar-refractivity contribution is 1.18. The predicted molar refractivity (Wildman–Crippen MR) is 254 cm³/mol. The van der Waals surface area contributed by atoms with Crippen molar-refractivity contribution in [1.82, 2.24) is 4.57 Å². The van der Waals surface area contributed by atoms with E-state index in [1.54, 1.807) is 0 Å². The van der Waals surface area contributed by atoms with Crippen molar-refractivity contribution in [2.24, 2.45) is 0 Å². The van der Waals surface area contributed by atoms with E-state index in [9.17, 15) is 0 Å². The summed E-state index contributed by atoms with van der Waals surface area (Å²) in [6, 6.07) is 80.0. The molecule has 0 bridgehead atoms. The van der Waals surface area contributed by atoms with E-state index in [2.05, 4.69) is 228 Å². The molecule has 59 heavy (non-hydrogen) atoms. The van der Waals surface area contributed by atoms with Crippen LogP contribution in [0.3, 0.4) is 0 Å². The minimum atomic E-state index is 1.10. The van der Waals surface area contributed by atoms with Crippen LogP contribution in [-0.2, 0) is 0 Å². The van der Waals surface area contributed by atoms with E-state index in [4.69, 9.17) is 0 Å². The highest BCUT2D eigenvalue weighted by Gasteiger charge is 2.25. The first kappa shape index (κ1) is 33.7. The van der Waals surface area contributed by atoms with Crippen LogP contribution in [0.5, 0.6) is 0 Å². The Morgan fingerprint density at radius 3 is 1.90 bits per heavy atom. The maximum atomic E-state index is 2.53. The van der Waals surface area contributed by atoms with Crippen LogP contribution < -0.4 is 4.90 Å². The van der Waals surface area contributed by atoms with E-state index in [1.807, 2.05) is 11.3 Å². The van der Waals surface area contributed by atoms with E-state index in [-0.39, 0.29) is 0 Å². The van der Waals surface area contributed by atoms with Crippen molar-refractivity contribution in [3.05, 3.63) is 218 Å². The second-order valence-corrected chi connectivity index (χ2v) is 16.3. The maximum absolute atomic E-state index is 2.53. The molecular formula is C56H36N2S. The van der Waals surface area contributed by atoms with Gasteiger partial charge in [0, 0.05) is 37.6 Å². The van der Waals surface area contributed by atoms with Crippen molar-refractivity contribution < 1.29 is 0 Å². The van der Waals surface area contributed by atoms with Gasteiger partial charge >= 0.3 is 0 Å². The summed E-state index contributed by atoms with van der Waals surface area (Å²) in [5.74, 6) is 0. The smallest absolute Gasteiger partial charge is 0.0640 e. The summed E-state index contributed by atoms with van der Waals surface area (Å²) in [7, 11) is 0. The lowest BCUT2D eigenvalue weighted by Gasteiger charge is -2.28. The van der Waals surface area contributed by atoms with Crippen molar-refractivity contribution >= 4 is 91.9 Å². The minimum Gasteiger partial charge on any atom is -0.309 e. The zero-order valence-electron chi connectivity index (χ0n) is 32.1. The average molecular weight is 769 g/mol. The zero-order chi connectivity index (χ0) is 38.9. The number of hydrogen-bond acceptors (Lipinski definition) is 2. The quantitative estimate of drug-likeness (QED) is 0.164. The molecule has 0 saturated heterocycles. The van der Waals surface area contributed by atoms with Crippen LogP contribution in [0.4, 0.5) is 17.1 Å². The van der Waals surface area contributed by atoms with Gasteiger partial charge in [0.15, 0.2) is 0 Å². The molecule has 0 radical (unpaired) electrons. The van der Waals surface area contributed by atoms with Gasteiger partial charge in [0.25, 0.3) is 0 Å². The summed E-state index contributed by atoms with van der Waals surface area (Å²) in [4.78, 5) is 2.53. The molecule has 0 aliphatic carbocycles. The monoisotopic (exact) mass is 768 g/mol. The van der Waals surface area contributed by atoms with Gasteiger partial charge < -0.3 is 9.47 Å². The van der Waals surface area contributed by atoms with Crippen LogP contribution in [-0.4, -0.2) is 4.57 Å². The van der Waals surface area contributed by atoms with Crippen molar-refractivity contribution in [3.8, 4) is 27.9 Å². The molecule has 276 valence electrons. The summed E-state index contributed by atoms with van der Waals surface area (Å²) in [6.07, 6.45) is 0. The normalized spacial score (nSPS) is 11.7. The van der Waals surface area contributed by atoms with Crippen molar-refractivity contribution in [3.63, 3.8) is 0 Å². The Balaban J connectivity index is 1.18. The number of fused-ring (bicyclic) bond motifs is 9. The second-order valence-electron chi connectivity index (χ2n) is 15.3. The largest absolute Gasteiger partial charge is 0.309 e. The number of anilines is 3. The number of para-hydroxylation sites is 2. The zero-order valence-corrected chi connectivity index (χ0v) is 32.9. The lowest BCUT2D eigenvalue weighted by Crippen LogP contribution is -2.11. The van der Waals surface area contributed by atoms with Gasteiger partial charge in [-0.15, -0.1) is 11.3 Å². The number of benzene rings is 10. The highest BCUT2D eigenvalue weighted by Crippen LogP contribution is 2.50. The fraction of sp³-hybridized carbons (Fsp3) is 0. The molecule has 2 aromatic heterocycles. The Bertz CT molecular complexity index is 3560. The van der Waals surface area contributed by atoms with E-state index < -0.39 is 0 Å². The van der Waals surface area contributed by atoms with Gasteiger partial charge in [0.1, 0.15) is 0 Å². The molecule has 0 aliphatic heterocycles. The molecule has 0 aliphatic rings. The third-order valence-electron chi connectivity index (χ3n) is 11.9. The highest BCUT2D eigenvalue weighted by atomic mass is 32.1. The highest BCUT2D eigenvalue weighted by molar-refractivity contribution is 7.26. The maximum Gasteiger partial charge on any atom is 0.0640 e. The number of rotatable bonds is 6. The minimum absolute atomic E-state index is 1.10. The topological polar surface area (TPSA) is 8.17 Å². The number of nitrogens with zero attached hydrogens (tertiary/aromatic N) is 2. The fourth-order valence-corrected chi connectivity index (χ4v) is 10.5. The van der Waals surface area contributed by atoms with Gasteiger partial charge in [0.05, 0.1) is 27.1 Å². The summed E-state index contributed by atoms with van der Waals surface area (Å²) < 4.78 is 4.97. The molecule has 3 heteroatoms. The van der Waals surface area contributed by atoms with Crippen LogP contribution in [0, 0.1) is 0 Å². The summed E-state index contributed by atoms with van der Waals surface area (Å²) in [5.41, 5.74) is 11.7. The van der Waals surface area contributed by atoms with Crippen LogP contribution >= 0.6 is 11.3 Å². The van der Waals surface area contributed by atoms with Crippen molar-refractivity contribution in [2.75, 3.05) is 4.90 Å². The Kier molecular flexibility index (Phi) is 7.75. The molecule has 12 rings (SSSR count). The molecule has 10 aromatic carbocycles. The Morgan fingerprint density at radius 1 is 0.373 bits per heavy atom. The first-order valence-corrected chi connectivity index (χ1v) is 21.0. The van der Waals surface area contributed by atoms with Gasteiger partial charge in [-0.1, -0.05) is 158 Å². The number of thiophene rings is 1. The van der Waals surface area contributed by atoms with E-state index in [0.717, 1.165) is 22.7 Å². The summed E-state index contributed by atoms with van der Waals surface area (Å²) in [5, 5.41) is 10.1. The molecule has 0 saturated carbocycles. The third kappa shape index (κ3) is 5.40. The van der Waals surface area contributed by atoms with Gasteiger partial charge in [-0.2, -0.15) is 0 Å². The Hall–Kier alpha value is -7.46. The average Bonchev–Trinajstić information content (AvgIpc) is 3.87. The Labute approximate surface area is 346 Å². The molecule has 0 unspecified atom stereocenters. The number of hydrogen-bond donors (Lipinski definition) is 0. The molecule has 0 amide bonds. The van der Waals surface area contributed by atoms with Crippen molar-refractivity contribution in [2.45, 2.75) is 0 Å². The molecule has 0 N–H and O–H groups in total. The molecule has 0 atom stereocenters. The molecular weight excluding hydrogens is 733 g/mol. The standard InChI is InChI=1S/C56H36N2S/c1-3-16-38(17-4-1)48-36-43(32-33-44(48)41-30-29-37-15-7-8-19-40(37)35-41)58(52-28-13-24-47-54-45-22-10-9-18-39(45)31-34-53(54)59-56(47)52)51-27-14-26-50-55(51)46-23-11-12-25-49(46)57(50)42-20-5-2-6-21-42/h1-36H. The van der Waals surface area contributed by atoms with Gasteiger partial charge in [-0.25, -0.2) is 0 Å². The van der Waals surface area contributed by atoms with E-state index >= 15 is 0 Å². The van der Waals surface area contributed by atoms with Crippen molar-refractivity contribution in [1.29, 1.82) is 0 Å². The molecule has 2 nitrogen and oxygen atoms in total. The van der Waals surface area contributed by atoms with Gasteiger partial charge in [-0.05, 0) is 104 Å². The van der Waals surface area contributed by atoms with Crippen LogP contribution in [0.25, 0.3) is 91.5 Å². The number of aromatic nitrogens is 1. The van der Waals surface area contributed by atoms with E-state index in [1.165, 1.54) is 85.8 Å². The van der Waals surface area contributed by atoms with Crippen LogP contribution in [0.2, 0.25) is 0 Å². The first-order chi connectivity index (χ1) is 29.3. The Morgan fingerprint density at radius 2 is 1.03 bits per heavy atom. The SMILES string of the molecule is c1ccc(-c2cc(N(c3cccc4c3sc3ccc5ccccc5c34)c3cccc4c3c3ccccc3n4-c3ccccc3)ccc2-c2ccc3ccccc3c2)cc1. The molecule has 2 heterocycles. The van der Waals surface area contributed by atoms with Crippen LogP contribution in [0.15, 0.2) is 218 Å². The molecule has 12 aromatic rings. The first-order valence-electron chi connectivity index (χ1n) is 20.2. The predicted octanol–water partition coefficient (Wildman–Crippen LogP) is 16.3. The molecule has 0 spiro atoms.